The molecule has 1 aliphatic rings. The van der Waals surface area contributed by atoms with Gasteiger partial charge in [-0.15, -0.1) is 0 Å². The van der Waals surface area contributed by atoms with Crippen molar-refractivity contribution in [3.8, 4) is 5.75 Å². The predicted molar refractivity (Wildman–Crippen MR) is 103 cm³/mol. The number of rotatable bonds is 6. The fourth-order valence-electron chi connectivity index (χ4n) is 2.62. The summed E-state index contributed by atoms with van der Waals surface area (Å²) in [7, 11) is -3.80. The van der Waals surface area contributed by atoms with Gasteiger partial charge >= 0.3 is 0 Å². The Morgan fingerprint density at radius 3 is 2.57 bits per heavy atom. The van der Waals surface area contributed by atoms with Gasteiger partial charge in [-0.3, -0.25) is 4.79 Å². The summed E-state index contributed by atoms with van der Waals surface area (Å²) in [6.07, 6.45) is -0.0344. The summed E-state index contributed by atoms with van der Waals surface area (Å²) in [6.45, 7) is 4.90. The van der Waals surface area contributed by atoms with Gasteiger partial charge in [-0.1, -0.05) is 11.6 Å². The number of carbonyl (C=O) groups excluding carboxylic acids is 1. The molecule has 1 aliphatic heterocycles. The number of ether oxygens (including phenoxy) is 2. The molecule has 2 heterocycles. The first-order chi connectivity index (χ1) is 13.3. The maximum absolute atomic E-state index is 12.6. The molecule has 28 heavy (non-hydrogen) atoms. The minimum atomic E-state index is -3.80. The van der Waals surface area contributed by atoms with Gasteiger partial charge in [0.15, 0.2) is 5.76 Å². The number of benzene rings is 1. The first-order valence-electron chi connectivity index (χ1n) is 8.72. The number of amides is 1. The quantitative estimate of drug-likeness (QED) is 0.759. The normalized spacial score (nSPS) is 15.6. The Kier molecular flexibility index (Phi) is 6.29. The molecule has 1 fully saturated rings. The lowest BCUT2D eigenvalue weighted by Gasteiger charge is -2.24. The Hall–Kier alpha value is -2.07. The molecule has 0 spiro atoms. The monoisotopic (exact) mass is 428 g/mol. The molecule has 0 radical (unpaired) electrons. The number of nitrogens with one attached hydrogen (secondary N) is 1. The summed E-state index contributed by atoms with van der Waals surface area (Å²) in [5, 5.41) is 2.69. The third-order valence-electron chi connectivity index (χ3n) is 3.92. The second kappa shape index (κ2) is 8.52. The fourth-order valence-corrected chi connectivity index (χ4v) is 4.16. The van der Waals surface area contributed by atoms with E-state index in [1.165, 1.54) is 16.4 Å². The lowest BCUT2D eigenvalue weighted by Crippen LogP contribution is -2.40. The van der Waals surface area contributed by atoms with Crippen LogP contribution in [0.1, 0.15) is 24.4 Å². The zero-order valence-corrected chi connectivity index (χ0v) is 17.0. The molecule has 1 saturated heterocycles. The molecular formula is C18H21ClN2O6S. The van der Waals surface area contributed by atoms with Gasteiger partial charge in [-0.2, -0.15) is 4.31 Å². The number of nitrogens with zero attached hydrogens (tertiary/aromatic N) is 1. The van der Waals surface area contributed by atoms with Crippen LogP contribution in [0.3, 0.4) is 0 Å². The Bertz CT molecular complexity index is 951. The molecule has 0 aliphatic carbocycles. The van der Waals surface area contributed by atoms with Gasteiger partial charge in [0.1, 0.15) is 5.75 Å². The molecular weight excluding hydrogens is 408 g/mol. The smallest absolute Gasteiger partial charge is 0.291 e. The highest BCUT2D eigenvalue weighted by atomic mass is 35.5. The van der Waals surface area contributed by atoms with Gasteiger partial charge in [-0.25, -0.2) is 8.42 Å². The van der Waals surface area contributed by atoms with Crippen molar-refractivity contribution in [1.82, 2.24) is 4.31 Å². The fraction of sp³-hybridized carbons (Fsp3) is 0.389. The highest BCUT2D eigenvalue weighted by molar-refractivity contribution is 7.89. The number of hydrogen-bond acceptors (Lipinski definition) is 6. The number of hydrogen-bond donors (Lipinski definition) is 1. The zero-order valence-electron chi connectivity index (χ0n) is 15.5. The van der Waals surface area contributed by atoms with Gasteiger partial charge in [-0.05, 0) is 44.2 Å². The number of sulfonamides is 1. The lowest BCUT2D eigenvalue weighted by molar-refractivity contribution is 0.0723. The van der Waals surface area contributed by atoms with Gasteiger partial charge in [0.05, 0.1) is 24.3 Å². The minimum absolute atomic E-state index is 0.0344. The third-order valence-corrected chi connectivity index (χ3v) is 5.99. The predicted octanol–water partition coefficient (Wildman–Crippen LogP) is 2.99. The van der Waals surface area contributed by atoms with Crippen LogP contribution in [0, 0.1) is 0 Å². The summed E-state index contributed by atoms with van der Waals surface area (Å²) in [6, 6.07) is 7.42. The summed E-state index contributed by atoms with van der Waals surface area (Å²) in [5.74, 6) is -0.200. The third kappa shape index (κ3) is 4.67. The molecule has 10 heteroatoms. The summed E-state index contributed by atoms with van der Waals surface area (Å²) >= 11 is 6.16. The molecule has 0 bridgehead atoms. The number of carbonyl (C=O) groups is 1. The van der Waals surface area contributed by atoms with Crippen LogP contribution in [0.15, 0.2) is 39.8 Å². The Morgan fingerprint density at radius 1 is 1.21 bits per heavy atom. The molecule has 1 aromatic carbocycles. The molecule has 0 saturated carbocycles. The van der Waals surface area contributed by atoms with E-state index in [4.69, 9.17) is 25.5 Å². The summed E-state index contributed by atoms with van der Waals surface area (Å²) < 4.78 is 42.4. The second-order valence-electron chi connectivity index (χ2n) is 6.40. The SMILES string of the molecule is CC(C)Oc1ccc(NC(=O)c2ccc(S(=O)(=O)N3CCOCC3)o2)cc1Cl. The minimum Gasteiger partial charge on any atom is -0.489 e. The average molecular weight is 429 g/mol. The van der Waals surface area contributed by atoms with Crippen LogP contribution >= 0.6 is 11.6 Å². The van der Waals surface area contributed by atoms with Crippen LogP contribution in [-0.2, 0) is 14.8 Å². The average Bonchev–Trinajstić information content (AvgIpc) is 3.16. The number of furan rings is 1. The Labute approximate surface area is 168 Å². The van der Waals surface area contributed by atoms with Crippen LogP contribution in [0.5, 0.6) is 5.75 Å². The van der Waals surface area contributed by atoms with Gasteiger partial charge < -0.3 is 19.2 Å². The highest BCUT2D eigenvalue weighted by Crippen LogP contribution is 2.29. The first kappa shape index (κ1) is 20.7. The van der Waals surface area contributed by atoms with Crippen LogP contribution < -0.4 is 10.1 Å². The van der Waals surface area contributed by atoms with E-state index >= 15 is 0 Å². The molecule has 1 N–H and O–H groups in total. The molecule has 2 aromatic rings. The molecule has 8 nitrogen and oxygen atoms in total. The van der Waals surface area contributed by atoms with E-state index in [2.05, 4.69) is 5.32 Å². The molecule has 1 aromatic heterocycles. The van der Waals surface area contributed by atoms with E-state index in [0.29, 0.717) is 29.7 Å². The van der Waals surface area contributed by atoms with E-state index in [1.807, 2.05) is 13.8 Å². The first-order valence-corrected chi connectivity index (χ1v) is 10.5. The highest BCUT2D eigenvalue weighted by Gasteiger charge is 2.30. The lowest BCUT2D eigenvalue weighted by atomic mass is 10.3. The number of anilines is 1. The number of morpholine rings is 1. The van der Waals surface area contributed by atoms with E-state index in [9.17, 15) is 13.2 Å². The van der Waals surface area contributed by atoms with E-state index in [0.717, 1.165) is 0 Å². The maximum Gasteiger partial charge on any atom is 0.291 e. The van der Waals surface area contributed by atoms with Crippen LogP contribution in [0.4, 0.5) is 5.69 Å². The molecule has 1 amide bonds. The summed E-state index contributed by atoms with van der Waals surface area (Å²) in [4.78, 5) is 12.4. The van der Waals surface area contributed by atoms with Gasteiger partial charge in [0.2, 0.25) is 5.09 Å². The maximum atomic E-state index is 12.6. The molecule has 3 rings (SSSR count). The van der Waals surface area contributed by atoms with Crippen molar-refractivity contribution in [2.24, 2.45) is 0 Å². The van der Waals surface area contributed by atoms with Crippen molar-refractivity contribution < 1.29 is 27.1 Å². The zero-order chi connectivity index (χ0) is 20.3. The van der Waals surface area contributed by atoms with Crippen LogP contribution in [-0.4, -0.2) is 51.0 Å². The van der Waals surface area contributed by atoms with Gasteiger partial charge in [0.25, 0.3) is 15.9 Å². The van der Waals surface area contributed by atoms with Crippen LogP contribution in [0.25, 0.3) is 0 Å². The van der Waals surface area contributed by atoms with Crippen molar-refractivity contribution in [1.29, 1.82) is 0 Å². The largest absolute Gasteiger partial charge is 0.489 e. The molecule has 0 atom stereocenters. The molecule has 152 valence electrons. The van der Waals surface area contributed by atoms with E-state index < -0.39 is 15.9 Å². The molecule has 0 unspecified atom stereocenters. The van der Waals surface area contributed by atoms with Crippen molar-refractivity contribution in [2.45, 2.75) is 25.0 Å². The van der Waals surface area contributed by atoms with Crippen molar-refractivity contribution in [3.63, 3.8) is 0 Å². The van der Waals surface area contributed by atoms with Crippen molar-refractivity contribution in [3.05, 3.63) is 41.1 Å². The Balaban J connectivity index is 1.71. The summed E-state index contributed by atoms with van der Waals surface area (Å²) in [5.41, 5.74) is 0.431. The second-order valence-corrected chi connectivity index (χ2v) is 8.68. The topological polar surface area (TPSA) is 98.1 Å². The number of halogens is 1. The van der Waals surface area contributed by atoms with Crippen molar-refractivity contribution >= 4 is 33.2 Å². The van der Waals surface area contributed by atoms with Crippen LogP contribution in [0.2, 0.25) is 5.02 Å². The van der Waals surface area contributed by atoms with E-state index in [1.54, 1.807) is 18.2 Å². The van der Waals surface area contributed by atoms with Crippen molar-refractivity contribution in [2.75, 3.05) is 31.6 Å². The van der Waals surface area contributed by atoms with Gasteiger partial charge in [0, 0.05) is 18.8 Å². The Morgan fingerprint density at radius 2 is 1.93 bits per heavy atom. The van der Waals surface area contributed by atoms with E-state index in [-0.39, 0.29) is 30.0 Å². The standard InChI is InChI=1S/C18H21ClN2O6S/c1-12(2)26-15-4-3-13(11-14(15)19)20-18(22)16-5-6-17(27-16)28(23,24)21-7-9-25-10-8-21/h3-6,11-12H,7-10H2,1-2H3,(H,20,22).